The van der Waals surface area contributed by atoms with Crippen LogP contribution in [0, 0.1) is 19.8 Å². The summed E-state index contributed by atoms with van der Waals surface area (Å²) in [5.41, 5.74) is 2.41. The van der Waals surface area contributed by atoms with Gasteiger partial charge in [0, 0.05) is 12.2 Å². The minimum atomic E-state index is 0.927. The maximum atomic E-state index is 4.50. The van der Waals surface area contributed by atoms with E-state index < -0.39 is 0 Å². The monoisotopic (exact) mass is 263 g/mol. The van der Waals surface area contributed by atoms with Crippen LogP contribution in [-0.4, -0.2) is 22.9 Å². The van der Waals surface area contributed by atoms with Crippen LogP contribution in [0.15, 0.2) is 6.07 Å². The molecular weight excluding hydrogens is 234 g/mol. The zero-order chi connectivity index (χ0) is 13.5. The summed E-state index contributed by atoms with van der Waals surface area (Å²) in [6, 6.07) is 2.15. The zero-order valence-corrected chi connectivity index (χ0v) is 12.6. The lowest BCUT2D eigenvalue weighted by Gasteiger charge is -2.14. The standard InChI is InChI=1S/C16H29N3/c1-14-12-15(2)19(18-14)11-7-10-17-13-16-8-5-3-4-6-9-16/h12,16-17H,3-11,13H2,1-2H3. The molecule has 108 valence electrons. The molecule has 0 atom stereocenters. The number of aromatic nitrogens is 2. The van der Waals surface area contributed by atoms with E-state index in [4.69, 9.17) is 0 Å². The number of nitrogens with zero attached hydrogens (tertiary/aromatic N) is 2. The van der Waals surface area contributed by atoms with E-state index in [1.165, 1.54) is 57.2 Å². The molecule has 0 unspecified atom stereocenters. The molecule has 1 aromatic rings. The van der Waals surface area contributed by atoms with Crippen molar-refractivity contribution in [3.63, 3.8) is 0 Å². The Balaban J connectivity index is 1.57. The van der Waals surface area contributed by atoms with Crippen LogP contribution in [0.4, 0.5) is 0 Å². The molecule has 1 heterocycles. The first-order valence-electron chi connectivity index (χ1n) is 7.97. The van der Waals surface area contributed by atoms with E-state index in [2.05, 4.69) is 35.0 Å². The Bertz CT molecular complexity index is 362. The first kappa shape index (κ1) is 14.6. The van der Waals surface area contributed by atoms with Gasteiger partial charge in [-0.25, -0.2) is 0 Å². The van der Waals surface area contributed by atoms with Crippen LogP contribution < -0.4 is 5.32 Å². The third-order valence-corrected chi connectivity index (χ3v) is 4.23. The lowest BCUT2D eigenvalue weighted by molar-refractivity contribution is 0.417. The third-order valence-electron chi connectivity index (χ3n) is 4.23. The average molecular weight is 263 g/mol. The molecule has 0 bridgehead atoms. The minimum Gasteiger partial charge on any atom is -0.316 e. The summed E-state index contributed by atoms with van der Waals surface area (Å²) < 4.78 is 2.13. The second-order valence-electron chi connectivity index (χ2n) is 6.07. The molecule has 2 rings (SSSR count). The van der Waals surface area contributed by atoms with Crippen LogP contribution in [0.1, 0.15) is 56.3 Å². The van der Waals surface area contributed by atoms with Crippen molar-refractivity contribution in [1.29, 1.82) is 0 Å². The summed E-state index contributed by atoms with van der Waals surface area (Å²) in [7, 11) is 0. The summed E-state index contributed by atoms with van der Waals surface area (Å²) in [4.78, 5) is 0. The van der Waals surface area contributed by atoms with Crippen molar-refractivity contribution >= 4 is 0 Å². The molecule has 1 aliphatic carbocycles. The predicted octanol–water partition coefficient (Wildman–Crippen LogP) is 3.45. The van der Waals surface area contributed by atoms with Gasteiger partial charge in [0.15, 0.2) is 0 Å². The molecule has 1 aliphatic rings. The molecule has 3 heteroatoms. The SMILES string of the molecule is Cc1cc(C)n(CCCNCC2CCCCCC2)n1. The van der Waals surface area contributed by atoms with Crippen molar-refractivity contribution in [3.05, 3.63) is 17.5 Å². The summed E-state index contributed by atoms with van der Waals surface area (Å²) in [6.45, 7) is 7.58. The summed E-state index contributed by atoms with van der Waals surface area (Å²) in [6.07, 6.45) is 9.84. The largest absolute Gasteiger partial charge is 0.316 e. The summed E-state index contributed by atoms with van der Waals surface area (Å²) >= 11 is 0. The number of hydrogen-bond acceptors (Lipinski definition) is 2. The zero-order valence-electron chi connectivity index (χ0n) is 12.6. The van der Waals surface area contributed by atoms with Gasteiger partial charge >= 0.3 is 0 Å². The lowest BCUT2D eigenvalue weighted by atomic mass is 10.0. The first-order chi connectivity index (χ1) is 9.25. The molecule has 0 spiro atoms. The van der Waals surface area contributed by atoms with Gasteiger partial charge in [-0.1, -0.05) is 25.7 Å². The Labute approximate surface area is 117 Å². The van der Waals surface area contributed by atoms with Gasteiger partial charge in [0.05, 0.1) is 5.69 Å². The van der Waals surface area contributed by atoms with Crippen molar-refractivity contribution in [2.45, 2.75) is 65.3 Å². The number of nitrogens with one attached hydrogen (secondary N) is 1. The highest BCUT2D eigenvalue weighted by atomic mass is 15.3. The molecule has 19 heavy (non-hydrogen) atoms. The highest BCUT2D eigenvalue weighted by molar-refractivity contribution is 5.06. The molecule has 1 N–H and O–H groups in total. The van der Waals surface area contributed by atoms with Gasteiger partial charge < -0.3 is 5.32 Å². The van der Waals surface area contributed by atoms with Gasteiger partial charge in [-0.2, -0.15) is 5.10 Å². The van der Waals surface area contributed by atoms with Crippen molar-refractivity contribution in [3.8, 4) is 0 Å². The number of hydrogen-bond donors (Lipinski definition) is 1. The van der Waals surface area contributed by atoms with E-state index in [1.54, 1.807) is 0 Å². The lowest BCUT2D eigenvalue weighted by Crippen LogP contribution is -2.24. The van der Waals surface area contributed by atoms with Gasteiger partial charge in [0.1, 0.15) is 0 Å². The number of aryl methyl sites for hydroxylation is 3. The fourth-order valence-electron chi connectivity index (χ4n) is 3.13. The molecule has 0 aromatic carbocycles. The highest BCUT2D eigenvalue weighted by Gasteiger charge is 2.11. The fraction of sp³-hybridized carbons (Fsp3) is 0.812. The number of rotatable bonds is 6. The van der Waals surface area contributed by atoms with E-state index >= 15 is 0 Å². The normalized spacial score (nSPS) is 17.6. The second-order valence-corrected chi connectivity index (χ2v) is 6.07. The molecule has 0 aliphatic heterocycles. The van der Waals surface area contributed by atoms with Crippen LogP contribution in [0.25, 0.3) is 0 Å². The molecule has 0 amide bonds. The topological polar surface area (TPSA) is 29.9 Å². The van der Waals surface area contributed by atoms with E-state index in [9.17, 15) is 0 Å². The van der Waals surface area contributed by atoms with E-state index in [-0.39, 0.29) is 0 Å². The fourth-order valence-corrected chi connectivity index (χ4v) is 3.13. The Morgan fingerprint density at radius 1 is 1.21 bits per heavy atom. The van der Waals surface area contributed by atoms with Crippen LogP contribution in [0.5, 0.6) is 0 Å². The molecule has 3 nitrogen and oxygen atoms in total. The molecular formula is C16H29N3. The van der Waals surface area contributed by atoms with Crippen LogP contribution >= 0.6 is 0 Å². The Morgan fingerprint density at radius 3 is 2.58 bits per heavy atom. The minimum absolute atomic E-state index is 0.927. The molecule has 0 saturated heterocycles. The Kier molecular flexibility index (Phi) is 5.90. The van der Waals surface area contributed by atoms with Gasteiger partial charge in [-0.3, -0.25) is 4.68 Å². The first-order valence-corrected chi connectivity index (χ1v) is 7.97. The van der Waals surface area contributed by atoms with Gasteiger partial charge in [0.2, 0.25) is 0 Å². The van der Waals surface area contributed by atoms with E-state index in [0.717, 1.165) is 24.7 Å². The molecule has 0 radical (unpaired) electrons. The van der Waals surface area contributed by atoms with Gasteiger partial charge in [-0.05, 0) is 58.2 Å². The smallest absolute Gasteiger partial charge is 0.0596 e. The van der Waals surface area contributed by atoms with E-state index in [0.29, 0.717) is 0 Å². The van der Waals surface area contributed by atoms with Gasteiger partial charge in [-0.15, -0.1) is 0 Å². The third kappa shape index (κ3) is 4.98. The van der Waals surface area contributed by atoms with Crippen molar-refractivity contribution in [1.82, 2.24) is 15.1 Å². The quantitative estimate of drug-likeness (QED) is 0.629. The van der Waals surface area contributed by atoms with Crippen molar-refractivity contribution < 1.29 is 0 Å². The maximum Gasteiger partial charge on any atom is 0.0596 e. The van der Waals surface area contributed by atoms with E-state index in [1.807, 2.05) is 0 Å². The molecule has 1 saturated carbocycles. The molecule has 1 fully saturated rings. The predicted molar refractivity (Wildman–Crippen MR) is 80.4 cm³/mol. The Morgan fingerprint density at radius 2 is 1.95 bits per heavy atom. The van der Waals surface area contributed by atoms with Gasteiger partial charge in [0.25, 0.3) is 0 Å². The second kappa shape index (κ2) is 7.68. The average Bonchev–Trinajstić information content (AvgIpc) is 2.58. The molecule has 1 aromatic heterocycles. The van der Waals surface area contributed by atoms with Crippen molar-refractivity contribution in [2.24, 2.45) is 5.92 Å². The van der Waals surface area contributed by atoms with Crippen LogP contribution in [-0.2, 0) is 6.54 Å². The summed E-state index contributed by atoms with van der Waals surface area (Å²) in [5, 5.41) is 8.14. The Hall–Kier alpha value is -0.830. The maximum absolute atomic E-state index is 4.50. The van der Waals surface area contributed by atoms with Crippen molar-refractivity contribution in [2.75, 3.05) is 13.1 Å². The van der Waals surface area contributed by atoms with Crippen LogP contribution in [0.3, 0.4) is 0 Å². The highest BCUT2D eigenvalue weighted by Crippen LogP contribution is 2.21. The summed E-state index contributed by atoms with van der Waals surface area (Å²) in [5.74, 6) is 0.927. The van der Waals surface area contributed by atoms with Crippen LogP contribution in [0.2, 0.25) is 0 Å².